The molecule has 0 aromatic carbocycles. The second-order valence-corrected chi connectivity index (χ2v) is 4.05. The fraction of sp³-hybridized carbons (Fsp3) is 0.800. The van der Waals surface area contributed by atoms with Gasteiger partial charge in [-0.25, -0.2) is 0 Å². The highest BCUT2D eigenvalue weighted by molar-refractivity contribution is 5.87. The van der Waals surface area contributed by atoms with Crippen LogP contribution in [0.5, 0.6) is 0 Å². The molecular weight excluding hydrogens is 194 g/mol. The number of oxime groups is 1. The zero-order chi connectivity index (χ0) is 11.3. The molecule has 0 heterocycles. The van der Waals surface area contributed by atoms with E-state index in [9.17, 15) is 4.79 Å². The molecule has 0 aliphatic heterocycles. The van der Waals surface area contributed by atoms with Gasteiger partial charge in [0.15, 0.2) is 5.84 Å². The average molecular weight is 213 g/mol. The van der Waals surface area contributed by atoms with Crippen LogP contribution in [0, 0.1) is 5.92 Å². The average Bonchev–Trinajstić information content (AvgIpc) is 3.00. The van der Waals surface area contributed by atoms with Gasteiger partial charge >= 0.3 is 0 Å². The van der Waals surface area contributed by atoms with Crippen LogP contribution in [0.1, 0.15) is 32.6 Å². The Hall–Kier alpha value is -1.26. The molecule has 0 radical (unpaired) electrons. The minimum atomic E-state index is 0.0904. The SMILES string of the molecule is CCCN(CC(N)=NO)C(=O)CC1CC1. The molecule has 5 nitrogen and oxygen atoms in total. The quantitative estimate of drug-likeness (QED) is 0.296. The molecule has 0 aromatic rings. The van der Waals surface area contributed by atoms with Crippen molar-refractivity contribution in [2.75, 3.05) is 13.1 Å². The first kappa shape index (κ1) is 11.8. The number of nitrogens with two attached hydrogens (primary N) is 1. The zero-order valence-corrected chi connectivity index (χ0v) is 9.15. The number of amidine groups is 1. The van der Waals surface area contributed by atoms with Crippen molar-refractivity contribution in [3.05, 3.63) is 0 Å². The summed E-state index contributed by atoms with van der Waals surface area (Å²) < 4.78 is 0. The number of rotatable bonds is 6. The molecule has 86 valence electrons. The van der Waals surface area contributed by atoms with Crippen LogP contribution in [0.3, 0.4) is 0 Å². The Labute approximate surface area is 89.9 Å². The van der Waals surface area contributed by atoms with Crippen LogP contribution in [0.25, 0.3) is 0 Å². The van der Waals surface area contributed by atoms with Crippen LogP contribution in [-0.2, 0) is 4.79 Å². The van der Waals surface area contributed by atoms with E-state index in [0.717, 1.165) is 19.3 Å². The molecule has 1 aliphatic rings. The molecule has 0 spiro atoms. The molecular formula is C10H19N3O2. The molecule has 5 heteroatoms. The predicted molar refractivity (Wildman–Crippen MR) is 57.6 cm³/mol. The van der Waals surface area contributed by atoms with E-state index < -0.39 is 0 Å². The number of amides is 1. The highest BCUT2D eigenvalue weighted by Crippen LogP contribution is 2.32. The number of carbonyl (C=O) groups excluding carboxylic acids is 1. The van der Waals surface area contributed by atoms with Gasteiger partial charge in [0.1, 0.15) is 0 Å². The lowest BCUT2D eigenvalue weighted by molar-refractivity contribution is -0.130. The van der Waals surface area contributed by atoms with Crippen molar-refractivity contribution in [1.29, 1.82) is 0 Å². The van der Waals surface area contributed by atoms with Gasteiger partial charge in [-0.2, -0.15) is 0 Å². The topological polar surface area (TPSA) is 78.9 Å². The summed E-state index contributed by atoms with van der Waals surface area (Å²) in [6.45, 7) is 2.90. The maximum atomic E-state index is 11.8. The molecule has 1 fully saturated rings. The first-order chi connectivity index (χ1) is 7.17. The molecule has 1 aliphatic carbocycles. The second-order valence-electron chi connectivity index (χ2n) is 4.05. The maximum Gasteiger partial charge on any atom is 0.223 e. The van der Waals surface area contributed by atoms with Crippen LogP contribution in [0.2, 0.25) is 0 Å². The number of carbonyl (C=O) groups is 1. The van der Waals surface area contributed by atoms with Gasteiger partial charge in [-0.15, -0.1) is 0 Å². The van der Waals surface area contributed by atoms with Crippen molar-refractivity contribution in [3.8, 4) is 0 Å². The first-order valence-electron chi connectivity index (χ1n) is 5.41. The van der Waals surface area contributed by atoms with Crippen LogP contribution in [0.15, 0.2) is 5.16 Å². The molecule has 3 N–H and O–H groups in total. The molecule has 1 saturated carbocycles. The Bertz CT molecular complexity index is 249. The van der Waals surface area contributed by atoms with Gasteiger partial charge in [-0.3, -0.25) is 4.79 Å². The summed E-state index contributed by atoms with van der Waals surface area (Å²) in [6.07, 6.45) is 3.82. The fourth-order valence-corrected chi connectivity index (χ4v) is 1.49. The van der Waals surface area contributed by atoms with Gasteiger partial charge in [0.05, 0.1) is 6.54 Å². The summed E-state index contributed by atoms with van der Waals surface area (Å²) in [5.74, 6) is 0.780. The van der Waals surface area contributed by atoms with E-state index in [0.29, 0.717) is 18.9 Å². The molecule has 0 unspecified atom stereocenters. The van der Waals surface area contributed by atoms with E-state index in [1.165, 1.54) is 0 Å². The monoisotopic (exact) mass is 213 g/mol. The summed E-state index contributed by atoms with van der Waals surface area (Å²) in [4.78, 5) is 13.4. The maximum absolute atomic E-state index is 11.8. The van der Waals surface area contributed by atoms with Gasteiger partial charge < -0.3 is 15.8 Å². The minimum absolute atomic E-state index is 0.0904. The van der Waals surface area contributed by atoms with Crippen molar-refractivity contribution in [2.45, 2.75) is 32.6 Å². The molecule has 1 amide bonds. The Morgan fingerprint density at radius 3 is 2.73 bits per heavy atom. The Morgan fingerprint density at radius 2 is 2.27 bits per heavy atom. The Morgan fingerprint density at radius 1 is 1.60 bits per heavy atom. The summed E-state index contributed by atoms with van der Waals surface area (Å²) in [5, 5.41) is 11.3. The largest absolute Gasteiger partial charge is 0.409 e. The molecule has 0 bridgehead atoms. The van der Waals surface area contributed by atoms with Crippen LogP contribution in [-0.4, -0.2) is 34.9 Å². The third-order valence-corrected chi connectivity index (χ3v) is 2.49. The van der Waals surface area contributed by atoms with E-state index in [4.69, 9.17) is 10.9 Å². The lowest BCUT2D eigenvalue weighted by Crippen LogP contribution is -2.39. The smallest absolute Gasteiger partial charge is 0.223 e. The summed E-state index contributed by atoms with van der Waals surface area (Å²) in [6, 6.07) is 0. The molecule has 1 rings (SSSR count). The third kappa shape index (κ3) is 4.18. The fourth-order valence-electron chi connectivity index (χ4n) is 1.49. The number of nitrogens with zero attached hydrogens (tertiary/aromatic N) is 2. The van der Waals surface area contributed by atoms with Crippen LogP contribution in [0.4, 0.5) is 0 Å². The molecule has 15 heavy (non-hydrogen) atoms. The van der Waals surface area contributed by atoms with Crippen molar-refractivity contribution in [2.24, 2.45) is 16.8 Å². The van der Waals surface area contributed by atoms with Gasteiger partial charge in [-0.1, -0.05) is 12.1 Å². The van der Waals surface area contributed by atoms with Crippen molar-refractivity contribution in [1.82, 2.24) is 4.90 Å². The van der Waals surface area contributed by atoms with Crippen molar-refractivity contribution < 1.29 is 10.0 Å². The van der Waals surface area contributed by atoms with Crippen molar-refractivity contribution in [3.63, 3.8) is 0 Å². The molecule has 0 atom stereocenters. The molecule has 0 saturated heterocycles. The van der Waals surface area contributed by atoms with Crippen molar-refractivity contribution >= 4 is 11.7 Å². The Balaban J connectivity index is 2.43. The van der Waals surface area contributed by atoms with E-state index in [-0.39, 0.29) is 18.3 Å². The van der Waals surface area contributed by atoms with E-state index >= 15 is 0 Å². The van der Waals surface area contributed by atoms with Gasteiger partial charge in [0, 0.05) is 13.0 Å². The van der Waals surface area contributed by atoms with E-state index in [2.05, 4.69) is 5.16 Å². The Kier molecular flexibility index (Phi) is 4.39. The summed E-state index contributed by atoms with van der Waals surface area (Å²) in [7, 11) is 0. The predicted octanol–water partition coefficient (Wildman–Crippen LogP) is 0.771. The zero-order valence-electron chi connectivity index (χ0n) is 9.15. The minimum Gasteiger partial charge on any atom is -0.409 e. The van der Waals surface area contributed by atoms with E-state index in [1.807, 2.05) is 6.92 Å². The first-order valence-corrected chi connectivity index (χ1v) is 5.41. The van der Waals surface area contributed by atoms with Gasteiger partial charge in [0.2, 0.25) is 5.91 Å². The second kappa shape index (κ2) is 5.58. The molecule has 0 aromatic heterocycles. The normalized spacial score (nSPS) is 16.5. The van der Waals surface area contributed by atoms with E-state index in [1.54, 1.807) is 4.90 Å². The lowest BCUT2D eigenvalue weighted by atomic mass is 10.2. The highest BCUT2D eigenvalue weighted by Gasteiger charge is 2.26. The van der Waals surface area contributed by atoms with Gasteiger partial charge in [0.25, 0.3) is 0 Å². The summed E-state index contributed by atoms with van der Waals surface area (Å²) >= 11 is 0. The highest BCUT2D eigenvalue weighted by atomic mass is 16.4. The lowest BCUT2D eigenvalue weighted by Gasteiger charge is -2.21. The van der Waals surface area contributed by atoms with Gasteiger partial charge in [-0.05, 0) is 25.2 Å². The third-order valence-electron chi connectivity index (χ3n) is 2.49. The summed E-state index contributed by atoms with van der Waals surface area (Å²) in [5.41, 5.74) is 5.39. The standard InChI is InChI=1S/C10H19N3O2/c1-2-5-13(7-9(11)12-15)10(14)6-8-3-4-8/h8,15H,2-7H2,1H3,(H2,11,12). The number of hydrogen-bond donors (Lipinski definition) is 2. The van der Waals surface area contributed by atoms with Crippen LogP contribution < -0.4 is 5.73 Å². The number of hydrogen-bond acceptors (Lipinski definition) is 3. The van der Waals surface area contributed by atoms with Crippen LogP contribution >= 0.6 is 0 Å².